The fourth-order valence-corrected chi connectivity index (χ4v) is 4.31. The Morgan fingerprint density at radius 1 is 1.15 bits per heavy atom. The van der Waals surface area contributed by atoms with E-state index in [0.717, 1.165) is 15.5 Å². The molecular weight excluding hydrogens is 526 g/mol. The minimum absolute atomic E-state index is 0.0220. The van der Waals surface area contributed by atoms with Gasteiger partial charge in [0.2, 0.25) is 0 Å². The number of fused-ring (bicyclic) bond motifs is 1. The minimum Gasteiger partial charge on any atom is -0.473 e. The number of pyridine rings is 1. The summed E-state index contributed by atoms with van der Waals surface area (Å²) in [5.74, 6) is -0.405. The molecule has 3 aliphatic heterocycles. The van der Waals surface area contributed by atoms with Gasteiger partial charge in [0.1, 0.15) is 5.82 Å². The monoisotopic (exact) mass is 538 g/mol. The Kier molecular flexibility index (Phi) is 7.47. The summed E-state index contributed by atoms with van der Waals surface area (Å²) in [7, 11) is 0. The van der Waals surface area contributed by atoms with Crippen LogP contribution in [0.2, 0.25) is 9.49 Å². The molecule has 0 unspecified atom stereocenters. The first-order valence-corrected chi connectivity index (χ1v) is 11.6. The standard InChI is InChI=1S/C17H9Cl2FN4O2S.C5H5ClO/c18-12-6-9(3-4-13(12)20)24-15(25)11-2-1-5-23(14(11)22-17(24)26)8-10-7-21-16(19)27-10;6-5-1-3-7-4-2-5/h1-7H,8H2;1-5H. The van der Waals surface area contributed by atoms with Crippen molar-refractivity contribution >= 4 is 46.1 Å². The highest BCUT2D eigenvalue weighted by molar-refractivity contribution is 7.15. The molecule has 0 saturated heterocycles. The fraction of sp³-hybridized carbons (Fsp3) is 0.0909. The maximum absolute atomic E-state index is 13.4. The van der Waals surface area contributed by atoms with Crippen LogP contribution in [-0.2, 0) is 11.3 Å². The molecule has 0 N–H and O–H groups in total. The Labute approximate surface area is 211 Å². The lowest BCUT2D eigenvalue weighted by molar-refractivity contribution is 0.394. The van der Waals surface area contributed by atoms with E-state index in [2.05, 4.69) is 9.97 Å². The number of rotatable bonds is 3. The highest BCUT2D eigenvalue weighted by Gasteiger charge is 2.19. The smallest absolute Gasteiger partial charge is 0.357 e. The highest BCUT2D eigenvalue weighted by atomic mass is 35.5. The van der Waals surface area contributed by atoms with Crippen molar-refractivity contribution in [2.45, 2.75) is 11.9 Å². The van der Waals surface area contributed by atoms with E-state index in [1.165, 1.54) is 23.5 Å². The maximum atomic E-state index is 13.4. The van der Waals surface area contributed by atoms with Crippen molar-refractivity contribution in [3.8, 4) is 17.1 Å². The normalized spacial score (nSPS) is 12.9. The molecule has 0 aliphatic carbocycles. The summed E-state index contributed by atoms with van der Waals surface area (Å²) in [5.41, 5.74) is -0.953. The predicted molar refractivity (Wildman–Crippen MR) is 131 cm³/mol. The van der Waals surface area contributed by atoms with E-state index in [1.54, 1.807) is 53.8 Å². The van der Waals surface area contributed by atoms with Crippen molar-refractivity contribution < 1.29 is 9.13 Å². The van der Waals surface area contributed by atoms with Crippen molar-refractivity contribution in [1.29, 1.82) is 0 Å². The second kappa shape index (κ2) is 10.5. The molecule has 0 saturated carbocycles. The van der Waals surface area contributed by atoms with Crippen LogP contribution in [0.1, 0.15) is 4.88 Å². The fourth-order valence-electron chi connectivity index (χ4n) is 3.04. The molecule has 0 amide bonds. The number of aromatic nitrogens is 4. The van der Waals surface area contributed by atoms with Gasteiger partial charge in [-0.15, -0.1) is 22.9 Å². The zero-order chi connectivity index (χ0) is 24.2. The molecule has 0 atom stereocenters. The van der Waals surface area contributed by atoms with E-state index < -0.39 is 17.1 Å². The second-order valence-corrected chi connectivity index (χ2v) is 9.43. The topological polar surface area (TPSA) is 79.0 Å². The van der Waals surface area contributed by atoms with Crippen LogP contribution in [0.15, 0.2) is 77.0 Å². The summed E-state index contributed by atoms with van der Waals surface area (Å²) >= 11 is 18.5. The molecule has 174 valence electrons. The molecule has 12 heteroatoms. The van der Waals surface area contributed by atoms with Gasteiger partial charge in [0, 0.05) is 17.3 Å². The van der Waals surface area contributed by atoms with Gasteiger partial charge in [-0.1, -0.05) is 23.2 Å². The number of hydrogen-bond donors (Lipinski definition) is 0. The molecule has 1 aromatic heterocycles. The third-order valence-electron chi connectivity index (χ3n) is 4.56. The van der Waals surface area contributed by atoms with Crippen molar-refractivity contribution in [3.63, 3.8) is 0 Å². The molecule has 0 spiro atoms. The lowest BCUT2D eigenvalue weighted by Crippen LogP contribution is -2.36. The van der Waals surface area contributed by atoms with Gasteiger partial charge in [-0.05, 0) is 42.5 Å². The zero-order valence-electron chi connectivity index (χ0n) is 17.1. The Balaban J connectivity index is 0.000000336. The number of benzene rings is 1. The molecule has 7 nitrogen and oxygen atoms in total. The third kappa shape index (κ3) is 5.39. The summed E-state index contributed by atoms with van der Waals surface area (Å²) < 4.78 is 21.0. The second-order valence-electron chi connectivity index (χ2n) is 6.82. The molecule has 34 heavy (non-hydrogen) atoms. The van der Waals surface area contributed by atoms with Crippen molar-refractivity contribution in [2.75, 3.05) is 0 Å². The lowest BCUT2D eigenvalue weighted by atomic mass is 10.2. The van der Waals surface area contributed by atoms with E-state index in [0.29, 0.717) is 11.0 Å². The van der Waals surface area contributed by atoms with Crippen LogP contribution in [0.4, 0.5) is 4.39 Å². The molecule has 5 rings (SSSR count). The minimum atomic E-state index is -0.780. The summed E-state index contributed by atoms with van der Waals surface area (Å²) in [4.78, 5) is 34.3. The number of alkyl halides is 1. The quantitative estimate of drug-likeness (QED) is 0.339. The molecule has 3 aliphatic rings. The van der Waals surface area contributed by atoms with Crippen LogP contribution in [-0.4, -0.2) is 24.5 Å². The Hall–Kier alpha value is -2.98. The van der Waals surface area contributed by atoms with E-state index in [1.807, 2.05) is 0 Å². The number of halogens is 4. The lowest BCUT2D eigenvalue weighted by Gasteiger charge is -2.14. The van der Waals surface area contributed by atoms with Crippen molar-refractivity contribution in [2.24, 2.45) is 0 Å². The molecule has 0 bridgehead atoms. The van der Waals surface area contributed by atoms with E-state index in [9.17, 15) is 14.0 Å². The Bertz CT molecular complexity index is 1470. The summed E-state index contributed by atoms with van der Waals surface area (Å²) in [6, 6.07) is 6.85. The van der Waals surface area contributed by atoms with E-state index >= 15 is 0 Å². The number of nitrogens with zero attached hydrogens (tertiary/aromatic N) is 4. The number of thiazole rings is 1. The molecule has 4 heterocycles. The van der Waals surface area contributed by atoms with Crippen molar-refractivity contribution in [3.05, 3.63) is 108 Å². The number of allylic oxidation sites excluding steroid dienone is 2. The van der Waals surface area contributed by atoms with E-state index in [4.69, 9.17) is 39.5 Å². The largest absolute Gasteiger partial charge is 0.473 e. The third-order valence-corrected chi connectivity index (χ3v) is 6.24. The van der Waals surface area contributed by atoms with Gasteiger partial charge < -0.3 is 9.30 Å². The first-order valence-electron chi connectivity index (χ1n) is 9.64. The van der Waals surface area contributed by atoms with Crippen LogP contribution in [0, 0.1) is 5.82 Å². The van der Waals surface area contributed by atoms with Gasteiger partial charge in [0.25, 0.3) is 5.56 Å². The summed E-state index contributed by atoms with van der Waals surface area (Å²) in [5, 5.41) is -0.169. The van der Waals surface area contributed by atoms with Gasteiger partial charge in [-0.3, -0.25) is 4.79 Å². The van der Waals surface area contributed by atoms with Gasteiger partial charge in [-0.25, -0.2) is 18.7 Å². The molecule has 2 aromatic rings. The summed E-state index contributed by atoms with van der Waals surface area (Å²) in [6.07, 6.45) is 10.00. The number of ether oxygens (including phenoxy) is 1. The summed E-state index contributed by atoms with van der Waals surface area (Å²) in [6.45, 7) is 0.361. The SMILES string of the molecule is ClC1C=COC=C1.O=c1nc2n(Cc3cnc(Cl)s3)cccc-2c(=O)n1-c1ccc(F)c(Cl)c1. The van der Waals surface area contributed by atoms with Gasteiger partial charge in [0.15, 0.2) is 10.3 Å². The van der Waals surface area contributed by atoms with Gasteiger partial charge in [0.05, 0.1) is 40.7 Å². The van der Waals surface area contributed by atoms with Crippen LogP contribution < -0.4 is 11.2 Å². The molecular formula is C22H14Cl3FN4O3S. The van der Waals surface area contributed by atoms with Crippen LogP contribution in [0.25, 0.3) is 17.1 Å². The first kappa shape index (κ1) is 24.2. The van der Waals surface area contributed by atoms with Gasteiger partial charge >= 0.3 is 5.69 Å². The van der Waals surface area contributed by atoms with E-state index in [-0.39, 0.29) is 27.5 Å². The number of hydrogen-bond acceptors (Lipinski definition) is 6. The van der Waals surface area contributed by atoms with Crippen LogP contribution in [0.5, 0.6) is 0 Å². The Morgan fingerprint density at radius 3 is 2.53 bits per heavy atom. The molecule has 1 aromatic carbocycles. The van der Waals surface area contributed by atoms with Crippen LogP contribution >= 0.6 is 46.1 Å². The first-order chi connectivity index (χ1) is 16.3. The molecule has 0 radical (unpaired) electrons. The van der Waals surface area contributed by atoms with Crippen molar-refractivity contribution in [1.82, 2.24) is 19.1 Å². The average molecular weight is 540 g/mol. The van der Waals surface area contributed by atoms with Crippen LogP contribution in [0.3, 0.4) is 0 Å². The van der Waals surface area contributed by atoms with Gasteiger partial charge in [-0.2, -0.15) is 4.98 Å². The molecule has 0 fully saturated rings. The Morgan fingerprint density at radius 2 is 1.91 bits per heavy atom. The predicted octanol–water partition coefficient (Wildman–Crippen LogP) is 5.10. The highest BCUT2D eigenvalue weighted by Crippen LogP contribution is 2.22. The maximum Gasteiger partial charge on any atom is 0.357 e. The zero-order valence-corrected chi connectivity index (χ0v) is 20.2. The average Bonchev–Trinajstić information content (AvgIpc) is 3.22.